The lowest BCUT2D eigenvalue weighted by molar-refractivity contribution is 0.805. The molecule has 0 saturated heterocycles. The third kappa shape index (κ3) is 3.84. The van der Waals surface area contributed by atoms with Crippen molar-refractivity contribution in [3.8, 4) is 0 Å². The largest absolute Gasteiger partial charge is 0.384 e. The molecule has 120 valence electrons. The number of nitrogens with one attached hydrogen (secondary N) is 1. The smallest absolute Gasteiger partial charge is 0.122 e. The maximum atomic E-state index is 7.54. The van der Waals surface area contributed by atoms with Crippen LogP contribution >= 0.6 is 11.6 Å². The van der Waals surface area contributed by atoms with Crippen LogP contribution in [0.4, 0.5) is 0 Å². The summed E-state index contributed by atoms with van der Waals surface area (Å²) in [5.41, 5.74) is 10.0. The predicted octanol–water partition coefficient (Wildman–Crippen LogP) is 5.00. The summed E-state index contributed by atoms with van der Waals surface area (Å²) < 4.78 is 0. The molecule has 3 aromatic carbocycles. The number of hydrogen-bond acceptors (Lipinski definition) is 1. The third-order valence-electron chi connectivity index (χ3n) is 4.18. The highest BCUT2D eigenvalue weighted by Gasteiger charge is 2.15. The maximum absolute atomic E-state index is 7.54. The second-order valence-electron chi connectivity index (χ2n) is 5.83. The van der Waals surface area contributed by atoms with Crippen molar-refractivity contribution < 1.29 is 0 Å². The van der Waals surface area contributed by atoms with Gasteiger partial charge >= 0.3 is 0 Å². The minimum atomic E-state index is 0.0931. The van der Waals surface area contributed by atoms with Gasteiger partial charge in [0.2, 0.25) is 0 Å². The summed E-state index contributed by atoms with van der Waals surface area (Å²) in [7, 11) is 0. The molecule has 0 aliphatic rings. The van der Waals surface area contributed by atoms with Crippen LogP contribution < -0.4 is 5.73 Å². The van der Waals surface area contributed by atoms with E-state index in [9.17, 15) is 0 Å². The zero-order chi connectivity index (χ0) is 16.9. The molecule has 0 aliphatic carbocycles. The van der Waals surface area contributed by atoms with Gasteiger partial charge in [0, 0.05) is 16.5 Å². The van der Waals surface area contributed by atoms with Crippen molar-refractivity contribution in [1.82, 2.24) is 0 Å². The fourth-order valence-corrected chi connectivity index (χ4v) is 2.99. The Morgan fingerprint density at radius 2 is 1.42 bits per heavy atom. The molecule has 0 spiro atoms. The second kappa shape index (κ2) is 7.33. The van der Waals surface area contributed by atoms with Crippen LogP contribution in [0.25, 0.3) is 0 Å². The van der Waals surface area contributed by atoms with E-state index in [2.05, 4.69) is 48.5 Å². The van der Waals surface area contributed by atoms with Crippen molar-refractivity contribution in [1.29, 1.82) is 5.41 Å². The monoisotopic (exact) mass is 334 g/mol. The molecular formula is C21H19ClN2. The van der Waals surface area contributed by atoms with Crippen LogP contribution in [-0.2, 0) is 6.42 Å². The Balaban J connectivity index is 1.95. The fraction of sp³-hybridized carbons (Fsp3) is 0.0952. The van der Waals surface area contributed by atoms with E-state index in [0.717, 1.165) is 17.0 Å². The van der Waals surface area contributed by atoms with Crippen LogP contribution in [0.2, 0.25) is 5.02 Å². The first-order valence-corrected chi connectivity index (χ1v) is 8.25. The van der Waals surface area contributed by atoms with Gasteiger partial charge in [-0.25, -0.2) is 0 Å². The summed E-state index contributed by atoms with van der Waals surface area (Å²) in [6, 6.07) is 26.4. The standard InChI is InChI=1S/C21H19ClN2/c22-19-12-6-15(7-13-19)14-20(16-4-2-1-3-5-16)17-8-10-18(11-9-17)21(23)24/h1-13,20H,14H2,(H3,23,24). The number of nitrogen functional groups attached to an aromatic ring is 1. The number of halogens is 1. The minimum absolute atomic E-state index is 0.0931. The highest BCUT2D eigenvalue weighted by molar-refractivity contribution is 6.30. The molecule has 3 aromatic rings. The van der Waals surface area contributed by atoms with Gasteiger partial charge in [-0.3, -0.25) is 5.41 Å². The molecule has 24 heavy (non-hydrogen) atoms. The van der Waals surface area contributed by atoms with E-state index in [-0.39, 0.29) is 11.8 Å². The highest BCUT2D eigenvalue weighted by atomic mass is 35.5. The van der Waals surface area contributed by atoms with Crippen LogP contribution in [-0.4, -0.2) is 5.84 Å². The normalized spacial score (nSPS) is 11.9. The lowest BCUT2D eigenvalue weighted by Crippen LogP contribution is -2.11. The van der Waals surface area contributed by atoms with Gasteiger partial charge in [-0.1, -0.05) is 78.3 Å². The van der Waals surface area contributed by atoms with E-state index in [4.69, 9.17) is 22.7 Å². The Morgan fingerprint density at radius 3 is 2.00 bits per heavy atom. The van der Waals surface area contributed by atoms with Crippen molar-refractivity contribution in [2.24, 2.45) is 5.73 Å². The van der Waals surface area contributed by atoms with Gasteiger partial charge in [-0.05, 0) is 35.2 Å². The topological polar surface area (TPSA) is 49.9 Å². The van der Waals surface area contributed by atoms with Crippen LogP contribution in [0.15, 0.2) is 78.9 Å². The molecule has 0 fully saturated rings. The van der Waals surface area contributed by atoms with E-state index >= 15 is 0 Å². The molecule has 0 radical (unpaired) electrons. The van der Waals surface area contributed by atoms with Gasteiger partial charge in [0.25, 0.3) is 0 Å². The summed E-state index contributed by atoms with van der Waals surface area (Å²) in [6.45, 7) is 0. The van der Waals surface area contributed by atoms with Gasteiger partial charge in [-0.15, -0.1) is 0 Å². The zero-order valence-electron chi connectivity index (χ0n) is 13.2. The van der Waals surface area contributed by atoms with Gasteiger partial charge in [0.1, 0.15) is 5.84 Å². The molecule has 0 amide bonds. The highest BCUT2D eigenvalue weighted by Crippen LogP contribution is 2.29. The first-order valence-electron chi connectivity index (χ1n) is 7.87. The first-order chi connectivity index (χ1) is 11.6. The average molecular weight is 335 g/mol. The van der Waals surface area contributed by atoms with Crippen LogP contribution in [0.5, 0.6) is 0 Å². The van der Waals surface area contributed by atoms with Crippen LogP contribution in [0.1, 0.15) is 28.2 Å². The third-order valence-corrected chi connectivity index (χ3v) is 4.43. The quantitative estimate of drug-likeness (QED) is 0.500. The lowest BCUT2D eigenvalue weighted by Gasteiger charge is -2.19. The number of amidine groups is 1. The Bertz CT molecular complexity index is 809. The predicted molar refractivity (Wildman–Crippen MR) is 101 cm³/mol. The number of nitrogens with two attached hydrogens (primary N) is 1. The minimum Gasteiger partial charge on any atom is -0.384 e. The van der Waals surface area contributed by atoms with E-state index in [0.29, 0.717) is 0 Å². The van der Waals surface area contributed by atoms with E-state index < -0.39 is 0 Å². The Kier molecular flexibility index (Phi) is 4.97. The maximum Gasteiger partial charge on any atom is 0.122 e. The molecule has 3 rings (SSSR count). The second-order valence-corrected chi connectivity index (χ2v) is 6.27. The fourth-order valence-electron chi connectivity index (χ4n) is 2.86. The van der Waals surface area contributed by atoms with Crippen molar-refractivity contribution in [3.63, 3.8) is 0 Å². The van der Waals surface area contributed by atoms with Crippen LogP contribution in [0, 0.1) is 5.41 Å². The summed E-state index contributed by atoms with van der Waals surface area (Å²) in [4.78, 5) is 0. The Labute approximate surface area is 147 Å². The molecular weight excluding hydrogens is 316 g/mol. The Morgan fingerprint density at radius 1 is 0.833 bits per heavy atom. The van der Waals surface area contributed by atoms with Crippen molar-refractivity contribution in [2.45, 2.75) is 12.3 Å². The molecule has 0 aromatic heterocycles. The Hall–Kier alpha value is -2.58. The summed E-state index contributed by atoms with van der Waals surface area (Å²) >= 11 is 6.00. The number of rotatable bonds is 5. The molecule has 1 unspecified atom stereocenters. The molecule has 0 saturated carbocycles. The van der Waals surface area contributed by atoms with Gasteiger partial charge < -0.3 is 5.73 Å². The number of benzene rings is 3. The van der Waals surface area contributed by atoms with Crippen molar-refractivity contribution >= 4 is 17.4 Å². The van der Waals surface area contributed by atoms with Crippen molar-refractivity contribution in [2.75, 3.05) is 0 Å². The van der Waals surface area contributed by atoms with Crippen molar-refractivity contribution in [3.05, 3.63) is 106 Å². The first kappa shape index (κ1) is 16.3. The average Bonchev–Trinajstić information content (AvgIpc) is 2.62. The molecule has 3 N–H and O–H groups in total. The lowest BCUT2D eigenvalue weighted by atomic mass is 9.85. The summed E-state index contributed by atoms with van der Waals surface area (Å²) in [5, 5.41) is 8.29. The summed E-state index contributed by atoms with van der Waals surface area (Å²) in [6.07, 6.45) is 0.889. The zero-order valence-corrected chi connectivity index (χ0v) is 14.0. The summed E-state index contributed by atoms with van der Waals surface area (Å²) in [5.74, 6) is 0.337. The van der Waals surface area contributed by atoms with Crippen LogP contribution in [0.3, 0.4) is 0 Å². The van der Waals surface area contributed by atoms with E-state index in [1.54, 1.807) is 0 Å². The van der Waals surface area contributed by atoms with E-state index in [1.165, 1.54) is 16.7 Å². The molecule has 2 nitrogen and oxygen atoms in total. The van der Waals surface area contributed by atoms with E-state index in [1.807, 2.05) is 30.3 Å². The molecule has 1 atom stereocenters. The van der Waals surface area contributed by atoms with Gasteiger partial charge in [0.15, 0.2) is 0 Å². The molecule has 0 heterocycles. The van der Waals surface area contributed by atoms with Gasteiger partial charge in [-0.2, -0.15) is 0 Å². The molecule has 0 aliphatic heterocycles. The SMILES string of the molecule is N=C(N)c1ccc(C(Cc2ccc(Cl)cc2)c2ccccc2)cc1. The van der Waals surface area contributed by atoms with Gasteiger partial charge in [0.05, 0.1) is 0 Å². The molecule has 3 heteroatoms. The number of hydrogen-bond donors (Lipinski definition) is 2. The molecule has 0 bridgehead atoms.